The average Bonchev–Trinajstić information content (AvgIpc) is 2.35. The molecule has 21 heavy (non-hydrogen) atoms. The molecule has 2 atom stereocenters. The fourth-order valence-corrected chi connectivity index (χ4v) is 1.96. The van der Waals surface area contributed by atoms with E-state index in [1.165, 1.54) is 0 Å². The lowest BCUT2D eigenvalue weighted by Gasteiger charge is -2.28. The third-order valence-corrected chi connectivity index (χ3v) is 3.31. The minimum Gasteiger partial charge on any atom is -0.480 e. The molecule has 0 heterocycles. The van der Waals surface area contributed by atoms with E-state index in [9.17, 15) is 14.7 Å². The van der Waals surface area contributed by atoms with E-state index in [2.05, 4.69) is 10.6 Å². The second-order valence-electron chi connectivity index (χ2n) is 6.39. The van der Waals surface area contributed by atoms with Crippen molar-refractivity contribution in [2.24, 2.45) is 5.41 Å². The monoisotopic (exact) mass is 292 g/mol. The summed E-state index contributed by atoms with van der Waals surface area (Å²) in [6.07, 6.45) is 0. The van der Waals surface area contributed by atoms with E-state index in [-0.39, 0.29) is 6.04 Å². The highest BCUT2D eigenvalue weighted by Gasteiger charge is 2.32. The SMILES string of the molecule is Cc1ccc(C(C)NC(=O)NC(C(=O)O)C(C)(C)C)cc1. The maximum absolute atomic E-state index is 12.0. The largest absolute Gasteiger partial charge is 0.480 e. The molecule has 0 saturated carbocycles. The van der Waals surface area contributed by atoms with Crippen LogP contribution in [0.3, 0.4) is 0 Å². The molecule has 2 unspecified atom stereocenters. The molecule has 0 aliphatic rings. The zero-order chi connectivity index (χ0) is 16.2. The number of carbonyl (C=O) groups is 2. The second kappa shape index (κ2) is 6.61. The normalized spacial score (nSPS) is 14.1. The molecule has 0 radical (unpaired) electrons. The lowest BCUT2D eigenvalue weighted by molar-refractivity contribution is -0.141. The first-order valence-corrected chi connectivity index (χ1v) is 6.97. The summed E-state index contributed by atoms with van der Waals surface area (Å²) in [6, 6.07) is 6.21. The molecule has 2 amide bonds. The van der Waals surface area contributed by atoms with Crippen molar-refractivity contribution in [3.05, 3.63) is 35.4 Å². The first-order chi connectivity index (χ1) is 9.61. The van der Waals surface area contributed by atoms with Crippen molar-refractivity contribution in [1.29, 1.82) is 0 Å². The number of amides is 2. The van der Waals surface area contributed by atoms with Gasteiger partial charge in [-0.25, -0.2) is 9.59 Å². The predicted octanol–water partition coefficient (Wildman–Crippen LogP) is 2.85. The molecule has 0 aliphatic heterocycles. The van der Waals surface area contributed by atoms with Gasteiger partial charge >= 0.3 is 12.0 Å². The number of benzene rings is 1. The minimum atomic E-state index is -1.04. The molecule has 0 bridgehead atoms. The Bertz CT molecular complexity index is 503. The topological polar surface area (TPSA) is 78.4 Å². The molecule has 0 fully saturated rings. The number of urea groups is 1. The van der Waals surface area contributed by atoms with Crippen LogP contribution in [0, 0.1) is 12.3 Å². The summed E-state index contributed by atoms with van der Waals surface area (Å²) in [4.78, 5) is 23.2. The Morgan fingerprint density at radius 1 is 1.10 bits per heavy atom. The molecule has 3 N–H and O–H groups in total. The molecule has 1 aromatic rings. The summed E-state index contributed by atoms with van der Waals surface area (Å²) in [5, 5.41) is 14.5. The molecule has 1 rings (SSSR count). The first kappa shape index (κ1) is 17.0. The van der Waals surface area contributed by atoms with Gasteiger partial charge in [-0.3, -0.25) is 0 Å². The van der Waals surface area contributed by atoms with Gasteiger partial charge in [-0.2, -0.15) is 0 Å². The van der Waals surface area contributed by atoms with Crippen LogP contribution in [0.2, 0.25) is 0 Å². The van der Waals surface area contributed by atoms with Crippen LogP contribution in [0.5, 0.6) is 0 Å². The van der Waals surface area contributed by atoms with Crippen LogP contribution in [0.25, 0.3) is 0 Å². The summed E-state index contributed by atoms with van der Waals surface area (Å²) < 4.78 is 0. The third kappa shape index (κ3) is 5.10. The zero-order valence-corrected chi connectivity index (χ0v) is 13.2. The van der Waals surface area contributed by atoms with Gasteiger partial charge in [0.2, 0.25) is 0 Å². The van der Waals surface area contributed by atoms with Gasteiger partial charge in [-0.1, -0.05) is 50.6 Å². The number of aryl methyl sites for hydroxylation is 1. The number of aliphatic carboxylic acids is 1. The van der Waals surface area contributed by atoms with Crippen molar-refractivity contribution in [2.75, 3.05) is 0 Å². The Morgan fingerprint density at radius 2 is 1.62 bits per heavy atom. The number of hydrogen-bond acceptors (Lipinski definition) is 2. The van der Waals surface area contributed by atoms with Gasteiger partial charge in [0.05, 0.1) is 6.04 Å². The van der Waals surface area contributed by atoms with Crippen molar-refractivity contribution in [2.45, 2.75) is 46.7 Å². The van der Waals surface area contributed by atoms with E-state index in [0.717, 1.165) is 11.1 Å². The molecule has 5 heteroatoms. The lowest BCUT2D eigenvalue weighted by atomic mass is 9.87. The molecule has 0 aromatic heterocycles. The Hall–Kier alpha value is -2.04. The molecule has 0 aliphatic carbocycles. The molecular weight excluding hydrogens is 268 g/mol. The van der Waals surface area contributed by atoms with Gasteiger partial charge in [0, 0.05) is 0 Å². The van der Waals surface area contributed by atoms with Crippen molar-refractivity contribution in [1.82, 2.24) is 10.6 Å². The number of carbonyl (C=O) groups excluding carboxylic acids is 1. The molecule has 5 nitrogen and oxygen atoms in total. The highest BCUT2D eigenvalue weighted by Crippen LogP contribution is 2.19. The summed E-state index contributed by atoms with van der Waals surface area (Å²) in [5.41, 5.74) is 1.56. The Morgan fingerprint density at radius 3 is 2.05 bits per heavy atom. The van der Waals surface area contributed by atoms with Crippen molar-refractivity contribution < 1.29 is 14.7 Å². The summed E-state index contributed by atoms with van der Waals surface area (Å²) >= 11 is 0. The zero-order valence-electron chi connectivity index (χ0n) is 13.2. The number of carboxylic acids is 1. The molecule has 116 valence electrons. The predicted molar refractivity (Wildman–Crippen MR) is 82.1 cm³/mol. The smallest absolute Gasteiger partial charge is 0.326 e. The van der Waals surface area contributed by atoms with Crippen LogP contribution in [-0.2, 0) is 4.79 Å². The van der Waals surface area contributed by atoms with E-state index in [1.54, 1.807) is 20.8 Å². The van der Waals surface area contributed by atoms with Crippen LogP contribution >= 0.6 is 0 Å². The average molecular weight is 292 g/mol. The van der Waals surface area contributed by atoms with Crippen LogP contribution in [-0.4, -0.2) is 23.1 Å². The van der Waals surface area contributed by atoms with E-state index >= 15 is 0 Å². The third-order valence-electron chi connectivity index (χ3n) is 3.31. The Labute approximate surface area is 125 Å². The quantitative estimate of drug-likeness (QED) is 0.798. The fourth-order valence-electron chi connectivity index (χ4n) is 1.96. The molecule has 0 spiro atoms. The first-order valence-electron chi connectivity index (χ1n) is 6.97. The highest BCUT2D eigenvalue weighted by molar-refractivity contribution is 5.83. The van der Waals surface area contributed by atoms with E-state index in [4.69, 9.17) is 0 Å². The Balaban J connectivity index is 2.68. The van der Waals surface area contributed by atoms with Gasteiger partial charge in [-0.05, 0) is 24.8 Å². The number of rotatable bonds is 4. The molecule has 1 aromatic carbocycles. The van der Waals surface area contributed by atoms with Crippen LogP contribution in [0.4, 0.5) is 4.79 Å². The number of nitrogens with one attached hydrogen (secondary N) is 2. The fraction of sp³-hybridized carbons (Fsp3) is 0.500. The van der Waals surface area contributed by atoms with E-state index in [1.807, 2.05) is 38.1 Å². The highest BCUT2D eigenvalue weighted by atomic mass is 16.4. The number of carboxylic acid groups (broad SMARTS) is 1. The molecular formula is C16H24N2O3. The van der Waals surface area contributed by atoms with Crippen molar-refractivity contribution in [3.8, 4) is 0 Å². The number of hydrogen-bond donors (Lipinski definition) is 3. The van der Waals surface area contributed by atoms with Gasteiger partial charge < -0.3 is 15.7 Å². The summed E-state index contributed by atoms with van der Waals surface area (Å²) in [7, 11) is 0. The maximum Gasteiger partial charge on any atom is 0.326 e. The van der Waals surface area contributed by atoms with Crippen LogP contribution in [0.1, 0.15) is 44.9 Å². The van der Waals surface area contributed by atoms with E-state index in [0.29, 0.717) is 0 Å². The van der Waals surface area contributed by atoms with Gasteiger partial charge in [0.15, 0.2) is 0 Å². The lowest BCUT2D eigenvalue weighted by Crippen LogP contribution is -2.52. The standard InChI is InChI=1S/C16H24N2O3/c1-10-6-8-12(9-7-10)11(2)17-15(21)18-13(14(19)20)16(3,4)5/h6-9,11,13H,1-5H3,(H,19,20)(H2,17,18,21). The minimum absolute atomic E-state index is 0.194. The van der Waals surface area contributed by atoms with Gasteiger partial charge in [0.1, 0.15) is 6.04 Å². The summed E-state index contributed by atoms with van der Waals surface area (Å²) in [5.74, 6) is -1.04. The van der Waals surface area contributed by atoms with Crippen molar-refractivity contribution >= 4 is 12.0 Å². The van der Waals surface area contributed by atoms with Crippen LogP contribution in [0.15, 0.2) is 24.3 Å². The van der Waals surface area contributed by atoms with Gasteiger partial charge in [-0.15, -0.1) is 0 Å². The molecule has 0 saturated heterocycles. The second-order valence-corrected chi connectivity index (χ2v) is 6.39. The maximum atomic E-state index is 12.0. The Kier molecular flexibility index (Phi) is 5.35. The van der Waals surface area contributed by atoms with Crippen molar-refractivity contribution in [3.63, 3.8) is 0 Å². The van der Waals surface area contributed by atoms with Gasteiger partial charge in [0.25, 0.3) is 0 Å². The van der Waals surface area contributed by atoms with Crippen LogP contribution < -0.4 is 10.6 Å². The summed E-state index contributed by atoms with van der Waals surface area (Å²) in [6.45, 7) is 9.17. The van der Waals surface area contributed by atoms with E-state index < -0.39 is 23.5 Å².